The lowest BCUT2D eigenvalue weighted by Crippen LogP contribution is -2.50. The fourth-order valence-electron chi connectivity index (χ4n) is 7.00. The van der Waals surface area contributed by atoms with Gasteiger partial charge in [0, 0.05) is 38.2 Å². The lowest BCUT2D eigenvalue weighted by Gasteiger charge is -2.32. The molecule has 1 aliphatic heterocycles. The normalized spacial score (nSPS) is 15.3. The molecule has 1 aliphatic carbocycles. The molecule has 1 saturated heterocycles. The van der Waals surface area contributed by atoms with Gasteiger partial charge in [0.2, 0.25) is 6.10 Å². The molecule has 0 aromatic heterocycles. The standard InChI is InChI=1S/C42H40F6N2O7/c1-49(40(53)56-26-34-32-13-7-5-11-30(32)31-12-6-8-14-33(31)34)35(24-37(41(43,44)45)42(46,47)48)38(51)57-36(39(52)55-25-28-9-3-2-4-10-28)23-27-15-17-29(18-16-27)50-19-21-54-22-20-50/h2-18,34-37H,19-26H2,1H3/t35-,36?/m0/s1. The van der Waals surface area contributed by atoms with Gasteiger partial charge in [0.05, 0.1) is 13.2 Å². The van der Waals surface area contributed by atoms with Crippen LogP contribution < -0.4 is 4.90 Å². The molecule has 9 nitrogen and oxygen atoms in total. The third-order valence-electron chi connectivity index (χ3n) is 10.1. The highest BCUT2D eigenvalue weighted by Crippen LogP contribution is 2.45. The molecule has 57 heavy (non-hydrogen) atoms. The molecule has 1 heterocycles. The summed E-state index contributed by atoms with van der Waals surface area (Å²) < 4.78 is 105. The van der Waals surface area contributed by atoms with Gasteiger partial charge in [-0.2, -0.15) is 26.3 Å². The highest BCUT2D eigenvalue weighted by molar-refractivity contribution is 5.85. The predicted octanol–water partition coefficient (Wildman–Crippen LogP) is 8.10. The molecule has 1 amide bonds. The molecule has 2 aliphatic rings. The number of likely N-dealkylation sites (N-methyl/N-ethyl adjacent to an activating group) is 1. The number of nitrogens with zero attached hydrogens (tertiary/aromatic N) is 2. The van der Waals surface area contributed by atoms with Gasteiger partial charge in [0.1, 0.15) is 19.3 Å². The minimum absolute atomic E-state index is 0.267. The van der Waals surface area contributed by atoms with E-state index >= 15 is 0 Å². The van der Waals surface area contributed by atoms with E-state index < -0.39 is 60.8 Å². The summed E-state index contributed by atoms with van der Waals surface area (Å²) in [5.74, 6) is -7.31. The number of ether oxygens (including phenoxy) is 4. The SMILES string of the molecule is CN(C(=O)OCC1c2ccccc2-c2ccccc21)[C@@H](CC(C(F)(F)F)C(F)(F)F)C(=O)OC(Cc1ccc(N2CCOCC2)cc1)C(=O)OCc1ccccc1. The summed E-state index contributed by atoms with van der Waals surface area (Å²) in [6, 6.07) is 27.4. The second kappa shape index (κ2) is 17.7. The van der Waals surface area contributed by atoms with Crippen LogP contribution in [0.25, 0.3) is 11.1 Å². The average molecular weight is 799 g/mol. The summed E-state index contributed by atoms with van der Waals surface area (Å²) in [4.78, 5) is 43.3. The van der Waals surface area contributed by atoms with Gasteiger partial charge < -0.3 is 23.8 Å². The zero-order valence-electron chi connectivity index (χ0n) is 30.8. The van der Waals surface area contributed by atoms with Crippen LogP contribution in [0.5, 0.6) is 0 Å². The van der Waals surface area contributed by atoms with Crippen LogP contribution >= 0.6 is 0 Å². The largest absolute Gasteiger partial charge is 0.458 e. The number of halogens is 6. The maximum absolute atomic E-state index is 14.0. The Morgan fingerprint density at radius 3 is 1.88 bits per heavy atom. The van der Waals surface area contributed by atoms with Crippen LogP contribution in [0.1, 0.15) is 34.6 Å². The number of carbonyl (C=O) groups is 3. The maximum Gasteiger partial charge on any atom is 0.410 e. The fraction of sp³-hybridized carbons (Fsp3) is 0.357. The van der Waals surface area contributed by atoms with Crippen molar-refractivity contribution in [2.45, 2.75) is 49.9 Å². The fourth-order valence-corrected chi connectivity index (χ4v) is 7.00. The first-order valence-corrected chi connectivity index (χ1v) is 18.2. The second-order valence-corrected chi connectivity index (χ2v) is 13.8. The molecule has 2 atom stereocenters. The van der Waals surface area contributed by atoms with E-state index in [0.29, 0.717) is 42.3 Å². The quantitative estimate of drug-likeness (QED) is 0.0762. The Morgan fingerprint density at radius 1 is 0.737 bits per heavy atom. The van der Waals surface area contributed by atoms with Crippen LogP contribution in [-0.4, -0.2) is 87.4 Å². The molecule has 4 aromatic rings. The Labute approximate surface area is 325 Å². The molecule has 4 aromatic carbocycles. The van der Waals surface area contributed by atoms with Crippen LogP contribution in [0.4, 0.5) is 36.8 Å². The number of rotatable bonds is 13. The van der Waals surface area contributed by atoms with E-state index in [1.165, 1.54) is 0 Å². The number of morpholine rings is 1. The Bertz CT molecular complexity index is 1940. The van der Waals surface area contributed by atoms with Crippen molar-refractivity contribution in [1.82, 2.24) is 4.90 Å². The molecule has 0 spiro atoms. The summed E-state index contributed by atoms with van der Waals surface area (Å²) in [7, 11) is 0.849. The first kappa shape index (κ1) is 41.1. The van der Waals surface area contributed by atoms with Crippen LogP contribution in [0.15, 0.2) is 103 Å². The van der Waals surface area contributed by atoms with Crippen molar-refractivity contribution in [2.24, 2.45) is 5.92 Å². The number of benzene rings is 4. The topological polar surface area (TPSA) is 94.6 Å². The van der Waals surface area contributed by atoms with Crippen LogP contribution in [0, 0.1) is 5.92 Å². The lowest BCUT2D eigenvalue weighted by atomic mass is 9.97. The summed E-state index contributed by atoms with van der Waals surface area (Å²) in [5.41, 5.74) is 5.22. The predicted molar refractivity (Wildman–Crippen MR) is 196 cm³/mol. The number of hydrogen-bond acceptors (Lipinski definition) is 8. The van der Waals surface area contributed by atoms with Gasteiger partial charge in [-0.25, -0.2) is 14.4 Å². The van der Waals surface area contributed by atoms with Crippen LogP contribution in [-0.2, 0) is 41.6 Å². The molecular weight excluding hydrogens is 758 g/mol. The van der Waals surface area contributed by atoms with Gasteiger partial charge in [0.25, 0.3) is 0 Å². The van der Waals surface area contributed by atoms with E-state index in [1.54, 1.807) is 66.7 Å². The molecule has 0 bridgehead atoms. The van der Waals surface area contributed by atoms with Crippen molar-refractivity contribution in [3.05, 3.63) is 125 Å². The van der Waals surface area contributed by atoms with E-state index in [1.807, 2.05) is 36.4 Å². The summed E-state index contributed by atoms with van der Waals surface area (Å²) in [5, 5.41) is 0. The molecule has 0 N–H and O–H groups in total. The number of esters is 2. The molecule has 0 radical (unpaired) electrons. The molecule has 15 heteroatoms. The van der Waals surface area contributed by atoms with E-state index in [4.69, 9.17) is 18.9 Å². The van der Waals surface area contributed by atoms with E-state index in [2.05, 4.69) is 4.90 Å². The Hall–Kier alpha value is -5.57. The van der Waals surface area contributed by atoms with Gasteiger partial charge in [-0.15, -0.1) is 0 Å². The van der Waals surface area contributed by atoms with Crippen molar-refractivity contribution >= 4 is 23.7 Å². The number of carbonyl (C=O) groups excluding carboxylic acids is 3. The molecular formula is C42H40F6N2O7. The smallest absolute Gasteiger partial charge is 0.410 e. The average Bonchev–Trinajstić information content (AvgIpc) is 3.52. The summed E-state index contributed by atoms with van der Waals surface area (Å²) in [6.45, 7) is 1.74. The number of alkyl halides is 6. The molecule has 0 saturated carbocycles. The van der Waals surface area contributed by atoms with Gasteiger partial charge in [0.15, 0.2) is 5.92 Å². The molecule has 1 fully saturated rings. The van der Waals surface area contributed by atoms with E-state index in [0.717, 1.165) is 35.0 Å². The van der Waals surface area contributed by atoms with Crippen molar-refractivity contribution < 1.29 is 59.7 Å². The second-order valence-electron chi connectivity index (χ2n) is 13.8. The van der Waals surface area contributed by atoms with Crippen LogP contribution in [0.3, 0.4) is 0 Å². The Morgan fingerprint density at radius 2 is 1.30 bits per heavy atom. The summed E-state index contributed by atoms with van der Waals surface area (Å²) >= 11 is 0. The Kier molecular flexibility index (Phi) is 12.8. The van der Waals surface area contributed by atoms with Crippen molar-refractivity contribution in [2.75, 3.05) is 44.9 Å². The van der Waals surface area contributed by atoms with Gasteiger partial charge in [-0.05, 0) is 51.9 Å². The molecule has 6 rings (SSSR count). The highest BCUT2D eigenvalue weighted by atomic mass is 19.4. The van der Waals surface area contributed by atoms with Crippen molar-refractivity contribution in [3.8, 4) is 11.1 Å². The minimum atomic E-state index is -5.85. The lowest BCUT2D eigenvalue weighted by molar-refractivity contribution is -0.287. The monoisotopic (exact) mass is 798 g/mol. The first-order valence-electron chi connectivity index (χ1n) is 18.2. The number of amides is 1. The van der Waals surface area contributed by atoms with Crippen molar-refractivity contribution in [1.29, 1.82) is 0 Å². The van der Waals surface area contributed by atoms with Crippen LogP contribution in [0.2, 0.25) is 0 Å². The molecule has 1 unspecified atom stereocenters. The minimum Gasteiger partial charge on any atom is -0.458 e. The zero-order chi connectivity index (χ0) is 40.7. The van der Waals surface area contributed by atoms with Gasteiger partial charge in [-0.1, -0.05) is 91.0 Å². The first-order chi connectivity index (χ1) is 27.2. The van der Waals surface area contributed by atoms with E-state index in [-0.39, 0.29) is 19.6 Å². The number of fused-ring (bicyclic) bond motifs is 3. The number of anilines is 1. The van der Waals surface area contributed by atoms with Gasteiger partial charge >= 0.3 is 30.4 Å². The number of hydrogen-bond donors (Lipinski definition) is 0. The maximum atomic E-state index is 14.0. The summed E-state index contributed by atoms with van der Waals surface area (Å²) in [6.07, 6.45) is -17.2. The third kappa shape index (κ3) is 10.1. The van der Waals surface area contributed by atoms with Gasteiger partial charge in [-0.3, -0.25) is 4.90 Å². The molecule has 302 valence electrons. The van der Waals surface area contributed by atoms with E-state index in [9.17, 15) is 40.7 Å². The zero-order valence-corrected chi connectivity index (χ0v) is 30.8. The highest BCUT2D eigenvalue weighted by Gasteiger charge is 2.58. The Balaban J connectivity index is 1.24. The van der Waals surface area contributed by atoms with Crippen molar-refractivity contribution in [3.63, 3.8) is 0 Å². The third-order valence-corrected chi connectivity index (χ3v) is 10.1.